The van der Waals surface area contributed by atoms with Crippen molar-refractivity contribution in [3.8, 4) is 22.6 Å². The molecule has 0 spiro atoms. The molecule has 0 radical (unpaired) electrons. The molecule has 12 heteroatoms. The Balaban J connectivity index is 1.51. The number of halogens is 5. The number of amides is 1. The van der Waals surface area contributed by atoms with Crippen LogP contribution >= 0.6 is 0 Å². The maximum atomic E-state index is 13.3. The Morgan fingerprint density at radius 2 is 1.95 bits per heavy atom. The van der Waals surface area contributed by atoms with Crippen molar-refractivity contribution in [3.63, 3.8) is 0 Å². The van der Waals surface area contributed by atoms with Crippen molar-refractivity contribution in [3.05, 3.63) is 47.8 Å². The number of hydrogen-bond acceptors (Lipinski definition) is 5. The summed E-state index contributed by atoms with van der Waals surface area (Å²) in [4.78, 5) is 12.7. The fourth-order valence-corrected chi connectivity index (χ4v) is 4.73. The average Bonchev–Trinajstić information content (AvgIpc) is 3.34. The number of ether oxygens (including phenoxy) is 2. The molecule has 1 amide bonds. The highest BCUT2D eigenvalue weighted by Crippen LogP contribution is 2.42. The van der Waals surface area contributed by atoms with Gasteiger partial charge in [0.2, 0.25) is 0 Å². The predicted octanol–water partition coefficient (Wildman–Crippen LogP) is 4.69. The van der Waals surface area contributed by atoms with Crippen LogP contribution in [0.2, 0.25) is 0 Å². The molecule has 1 aromatic carbocycles. The van der Waals surface area contributed by atoms with Gasteiger partial charge in [-0.15, -0.1) is 0 Å². The van der Waals surface area contributed by atoms with Crippen LogP contribution in [0, 0.1) is 0 Å². The Kier molecular flexibility index (Phi) is 6.69. The van der Waals surface area contributed by atoms with Gasteiger partial charge < -0.3 is 20.1 Å². The topological polar surface area (TPSA) is 76.9 Å². The van der Waals surface area contributed by atoms with E-state index in [9.17, 15) is 26.7 Å². The third-order valence-electron chi connectivity index (χ3n) is 6.94. The highest BCUT2D eigenvalue weighted by atomic mass is 19.3. The Bertz CT molecular complexity index is 1310. The SMILES string of the molecule is COc1cc(-c2cnn3cc(C4(NCC(F)F)CCC4)ccc23)cc(OC(F)F)c1C(=O)N[C@@H]1C[C@@H]1F. The smallest absolute Gasteiger partial charge is 0.387 e. The fourth-order valence-electron chi connectivity index (χ4n) is 4.73. The second-order valence-electron chi connectivity index (χ2n) is 9.28. The third-order valence-corrected chi connectivity index (χ3v) is 6.94. The number of benzene rings is 1. The maximum Gasteiger partial charge on any atom is 0.387 e. The van der Waals surface area contributed by atoms with Gasteiger partial charge in [0.1, 0.15) is 23.2 Å². The highest BCUT2D eigenvalue weighted by Gasteiger charge is 2.40. The summed E-state index contributed by atoms with van der Waals surface area (Å²) in [6.45, 7) is -3.63. The second-order valence-corrected chi connectivity index (χ2v) is 9.28. The second kappa shape index (κ2) is 9.81. The number of hydrogen-bond donors (Lipinski definition) is 2. The van der Waals surface area contributed by atoms with Crippen LogP contribution < -0.4 is 20.1 Å². The molecular weight excluding hydrogens is 499 g/mol. The van der Waals surface area contributed by atoms with Gasteiger partial charge in [-0.1, -0.05) is 6.07 Å². The molecule has 0 aliphatic heterocycles. The molecule has 5 rings (SSSR count). The van der Waals surface area contributed by atoms with E-state index < -0.39 is 49.0 Å². The molecule has 2 aliphatic carbocycles. The van der Waals surface area contributed by atoms with Crippen molar-refractivity contribution >= 4 is 11.4 Å². The van der Waals surface area contributed by atoms with Crippen LogP contribution in [0.3, 0.4) is 0 Å². The first kappa shape index (κ1) is 25.2. The highest BCUT2D eigenvalue weighted by molar-refractivity contribution is 6.01. The number of methoxy groups -OCH3 is 1. The minimum absolute atomic E-state index is 0.0256. The lowest BCUT2D eigenvalue weighted by Crippen LogP contribution is -2.49. The van der Waals surface area contributed by atoms with Crippen LogP contribution in [0.5, 0.6) is 11.5 Å². The molecule has 2 fully saturated rings. The minimum atomic E-state index is -3.22. The quantitative estimate of drug-likeness (QED) is 0.377. The number of alkyl halides is 5. The molecule has 2 heterocycles. The molecule has 0 bridgehead atoms. The lowest BCUT2D eigenvalue weighted by atomic mass is 9.72. The number of carbonyl (C=O) groups is 1. The van der Waals surface area contributed by atoms with Crippen molar-refractivity contribution in [1.29, 1.82) is 0 Å². The molecule has 2 aromatic heterocycles. The zero-order valence-electron chi connectivity index (χ0n) is 19.8. The third kappa shape index (κ3) is 4.94. The summed E-state index contributed by atoms with van der Waals surface area (Å²) >= 11 is 0. The van der Waals surface area contributed by atoms with E-state index in [1.807, 2.05) is 6.07 Å². The molecule has 2 atom stereocenters. The van der Waals surface area contributed by atoms with E-state index in [2.05, 4.69) is 20.5 Å². The number of nitrogens with one attached hydrogen (secondary N) is 2. The van der Waals surface area contributed by atoms with Crippen LogP contribution in [-0.4, -0.2) is 54.4 Å². The monoisotopic (exact) mass is 524 g/mol. The van der Waals surface area contributed by atoms with E-state index >= 15 is 0 Å². The van der Waals surface area contributed by atoms with E-state index in [1.54, 1.807) is 16.8 Å². The Hall–Kier alpha value is -3.41. The number of rotatable bonds is 10. The molecular formula is C25H25F5N4O3. The Labute approximate surface area is 208 Å². The van der Waals surface area contributed by atoms with Crippen LogP contribution in [0.25, 0.3) is 16.6 Å². The fraction of sp³-hybridized carbons (Fsp3) is 0.440. The lowest BCUT2D eigenvalue weighted by Gasteiger charge is -2.43. The van der Waals surface area contributed by atoms with Crippen molar-refractivity contribution in [1.82, 2.24) is 20.2 Å². The van der Waals surface area contributed by atoms with Gasteiger partial charge >= 0.3 is 6.61 Å². The number of pyridine rings is 1. The van der Waals surface area contributed by atoms with Crippen LogP contribution in [0.15, 0.2) is 36.7 Å². The van der Waals surface area contributed by atoms with Crippen LogP contribution in [0.4, 0.5) is 22.0 Å². The van der Waals surface area contributed by atoms with Crippen LogP contribution in [-0.2, 0) is 5.54 Å². The molecule has 198 valence electrons. The van der Waals surface area contributed by atoms with E-state index in [1.165, 1.54) is 25.4 Å². The van der Waals surface area contributed by atoms with Crippen molar-refractivity contribution in [2.24, 2.45) is 0 Å². The molecule has 0 unspecified atom stereocenters. The van der Waals surface area contributed by atoms with Gasteiger partial charge in [0.05, 0.1) is 31.4 Å². The lowest BCUT2D eigenvalue weighted by molar-refractivity contribution is -0.0502. The predicted molar refractivity (Wildman–Crippen MR) is 124 cm³/mol. The summed E-state index contributed by atoms with van der Waals surface area (Å²) in [7, 11) is 1.28. The van der Waals surface area contributed by atoms with Gasteiger partial charge in [-0.2, -0.15) is 13.9 Å². The van der Waals surface area contributed by atoms with Gasteiger partial charge in [0, 0.05) is 23.7 Å². The Morgan fingerprint density at radius 3 is 2.54 bits per heavy atom. The first-order valence-corrected chi connectivity index (χ1v) is 11.8. The zero-order valence-corrected chi connectivity index (χ0v) is 19.8. The first-order chi connectivity index (χ1) is 17.7. The van der Waals surface area contributed by atoms with Crippen molar-refractivity contribution in [2.45, 2.75) is 56.5 Å². The van der Waals surface area contributed by atoms with Crippen LogP contribution in [0.1, 0.15) is 41.6 Å². The van der Waals surface area contributed by atoms with Crippen molar-refractivity contribution < 1.29 is 36.2 Å². The van der Waals surface area contributed by atoms with Gasteiger partial charge in [-0.25, -0.2) is 17.7 Å². The molecule has 7 nitrogen and oxygen atoms in total. The molecule has 2 N–H and O–H groups in total. The van der Waals surface area contributed by atoms with Gasteiger partial charge in [-0.05, 0) is 48.6 Å². The number of carbonyl (C=O) groups excluding carboxylic acids is 1. The van der Waals surface area contributed by atoms with E-state index in [4.69, 9.17) is 4.74 Å². The molecule has 2 saturated carbocycles. The zero-order chi connectivity index (χ0) is 26.3. The largest absolute Gasteiger partial charge is 0.496 e. The van der Waals surface area contributed by atoms with E-state index in [0.717, 1.165) is 24.8 Å². The summed E-state index contributed by atoms with van der Waals surface area (Å²) in [6.07, 6.45) is 2.15. The van der Waals surface area contributed by atoms with Crippen molar-refractivity contribution in [2.75, 3.05) is 13.7 Å². The summed E-state index contributed by atoms with van der Waals surface area (Å²) in [5.74, 6) is -1.23. The summed E-state index contributed by atoms with van der Waals surface area (Å²) in [5, 5.41) is 9.80. The number of aromatic nitrogens is 2. The van der Waals surface area contributed by atoms with Gasteiger partial charge in [0.25, 0.3) is 12.3 Å². The van der Waals surface area contributed by atoms with E-state index in [-0.39, 0.29) is 17.7 Å². The van der Waals surface area contributed by atoms with E-state index in [0.29, 0.717) is 16.6 Å². The molecule has 0 saturated heterocycles. The first-order valence-electron chi connectivity index (χ1n) is 11.8. The normalized spacial score (nSPS) is 20.2. The molecule has 3 aromatic rings. The maximum absolute atomic E-state index is 13.3. The van der Waals surface area contributed by atoms with Gasteiger partial charge in [-0.3, -0.25) is 4.79 Å². The molecule has 2 aliphatic rings. The summed E-state index contributed by atoms with van der Waals surface area (Å²) in [6, 6.07) is 5.70. The minimum Gasteiger partial charge on any atom is -0.496 e. The number of fused-ring (bicyclic) bond motifs is 1. The average molecular weight is 524 g/mol. The summed E-state index contributed by atoms with van der Waals surface area (Å²) < 4.78 is 77.0. The number of nitrogens with zero attached hydrogens (tertiary/aromatic N) is 2. The van der Waals surface area contributed by atoms with Gasteiger partial charge in [0.15, 0.2) is 0 Å². The Morgan fingerprint density at radius 1 is 1.22 bits per heavy atom. The molecule has 37 heavy (non-hydrogen) atoms. The summed E-state index contributed by atoms with van der Waals surface area (Å²) in [5.41, 5.74) is 1.57. The standard InChI is InChI=1S/C25H25F5N4O3/c1-36-19-7-13(8-20(37-24(29)30)22(19)23(35)33-17-9-16(17)26)15-10-32-34-12-14(3-4-18(15)34)25(5-2-6-25)31-11-21(27)28/h3-4,7-8,10,12,16-17,21,24,31H,2,5-6,9,11H2,1H3,(H,33,35)/t16-,17+/m0/s1.